The number of thiazole rings is 1. The lowest BCUT2D eigenvalue weighted by atomic mass is 9.78. The molecule has 2 aliphatic heterocycles. The number of nitrogen functional groups attached to an aromatic ring is 1. The van der Waals surface area contributed by atoms with Crippen molar-refractivity contribution in [2.45, 2.75) is 37.3 Å². The third-order valence-corrected chi connectivity index (χ3v) is 11.9. The van der Waals surface area contributed by atoms with Crippen LogP contribution in [0.3, 0.4) is 0 Å². The molecule has 2 aromatic heterocycles. The number of hydrogen-bond donors (Lipinski definition) is 2. The summed E-state index contributed by atoms with van der Waals surface area (Å²) in [7, 11) is -3.53. The number of piperidine rings is 1. The quantitative estimate of drug-likeness (QED) is 0.286. The minimum absolute atomic E-state index is 0.0226. The van der Waals surface area contributed by atoms with Crippen molar-refractivity contribution < 1.29 is 13.2 Å². The van der Waals surface area contributed by atoms with E-state index in [0.29, 0.717) is 39.9 Å². The first-order valence-electron chi connectivity index (χ1n) is 14.1. The summed E-state index contributed by atoms with van der Waals surface area (Å²) in [5, 5.41) is 3.70. The minimum Gasteiger partial charge on any atom is -0.397 e. The van der Waals surface area contributed by atoms with Gasteiger partial charge in [0.25, 0.3) is 15.9 Å². The Morgan fingerprint density at radius 1 is 0.976 bits per heavy atom. The number of nitrogens with zero attached hydrogens (tertiary/aromatic N) is 4. The highest BCUT2D eigenvalue weighted by molar-refractivity contribution is 7.91. The predicted molar refractivity (Wildman–Crippen MR) is 167 cm³/mol. The number of aryl methyl sites for hydroxylation is 2. The van der Waals surface area contributed by atoms with E-state index in [0.717, 1.165) is 54.3 Å². The molecular weight excluding hydrogens is 569 g/mol. The highest BCUT2D eigenvalue weighted by Gasteiger charge is 2.45. The first-order chi connectivity index (χ1) is 20.1. The predicted octanol–water partition coefficient (Wildman–Crippen LogP) is 5.34. The monoisotopic (exact) mass is 602 g/mol. The molecule has 2 fully saturated rings. The molecule has 1 amide bonds. The summed E-state index contributed by atoms with van der Waals surface area (Å²) >= 11 is 1.25. The van der Waals surface area contributed by atoms with Gasteiger partial charge in [0.1, 0.15) is 5.82 Å². The van der Waals surface area contributed by atoms with Crippen LogP contribution in [0.5, 0.6) is 0 Å². The Balaban J connectivity index is 1.07. The second kappa shape index (κ2) is 11.1. The van der Waals surface area contributed by atoms with E-state index in [9.17, 15) is 13.2 Å². The second-order valence-electron chi connectivity index (χ2n) is 11.2. The topological polar surface area (TPSA) is 122 Å². The van der Waals surface area contributed by atoms with Gasteiger partial charge in [0.05, 0.1) is 27.6 Å². The molecule has 0 aliphatic carbocycles. The van der Waals surface area contributed by atoms with Gasteiger partial charge < -0.3 is 16.0 Å². The number of benzene rings is 2. The highest BCUT2D eigenvalue weighted by atomic mass is 32.2. The van der Waals surface area contributed by atoms with E-state index in [1.54, 1.807) is 29.6 Å². The standard InChI is InChI=1S/C31H34N6O3S2/c1-21-30(41-22(2)34-21)42(39,40)37-17-14-31(20-37)12-15-36(16-13-31)28-11-9-25(19-33-28)29(38)35-27-18-24(8-10-26(27)32)23-6-4-3-5-7-23/h3-11,18-19H,12-17,20,32H2,1-2H3,(H,35,38). The van der Waals surface area contributed by atoms with Gasteiger partial charge in [-0.2, -0.15) is 4.31 Å². The molecule has 0 bridgehead atoms. The van der Waals surface area contributed by atoms with E-state index in [1.807, 2.05) is 55.5 Å². The van der Waals surface area contributed by atoms with Gasteiger partial charge in [0.15, 0.2) is 4.21 Å². The van der Waals surface area contributed by atoms with Crippen LogP contribution in [0, 0.1) is 19.3 Å². The Morgan fingerprint density at radius 3 is 2.38 bits per heavy atom. The molecule has 11 heteroatoms. The van der Waals surface area contributed by atoms with Crippen LogP contribution >= 0.6 is 11.3 Å². The number of pyridine rings is 1. The van der Waals surface area contributed by atoms with Crippen LogP contribution < -0.4 is 16.0 Å². The van der Waals surface area contributed by atoms with Gasteiger partial charge in [-0.3, -0.25) is 4.79 Å². The lowest BCUT2D eigenvalue weighted by Crippen LogP contribution is -2.42. The maximum atomic E-state index is 13.3. The number of rotatable bonds is 6. The molecule has 2 aromatic carbocycles. The Morgan fingerprint density at radius 2 is 1.71 bits per heavy atom. The summed E-state index contributed by atoms with van der Waals surface area (Å²) in [4.78, 5) is 24.2. The van der Waals surface area contributed by atoms with E-state index in [1.165, 1.54) is 11.3 Å². The van der Waals surface area contributed by atoms with Gasteiger partial charge in [-0.1, -0.05) is 36.4 Å². The third kappa shape index (κ3) is 5.51. The van der Waals surface area contributed by atoms with Crippen molar-refractivity contribution in [1.29, 1.82) is 0 Å². The first kappa shape index (κ1) is 28.3. The van der Waals surface area contributed by atoms with Gasteiger partial charge >= 0.3 is 0 Å². The van der Waals surface area contributed by atoms with Crippen molar-refractivity contribution in [2.75, 3.05) is 42.1 Å². The average molecular weight is 603 g/mol. The van der Waals surface area contributed by atoms with Crippen molar-refractivity contribution in [3.8, 4) is 11.1 Å². The largest absolute Gasteiger partial charge is 0.397 e. The van der Waals surface area contributed by atoms with Gasteiger partial charge in [0.2, 0.25) is 0 Å². The molecular formula is C31H34N6O3S2. The molecule has 3 N–H and O–H groups in total. The number of carbonyl (C=O) groups excluding carboxylic acids is 1. The molecule has 6 rings (SSSR count). The Hall–Kier alpha value is -3.80. The van der Waals surface area contributed by atoms with Crippen LogP contribution in [-0.2, 0) is 10.0 Å². The lowest BCUT2D eigenvalue weighted by molar-refractivity contribution is 0.102. The van der Waals surface area contributed by atoms with Crippen molar-refractivity contribution >= 4 is 44.5 Å². The number of aromatic nitrogens is 2. The fourth-order valence-electron chi connectivity index (χ4n) is 5.96. The maximum Gasteiger partial charge on any atom is 0.257 e. The zero-order valence-electron chi connectivity index (χ0n) is 23.7. The zero-order valence-corrected chi connectivity index (χ0v) is 25.3. The van der Waals surface area contributed by atoms with Crippen LogP contribution in [0.25, 0.3) is 11.1 Å². The molecule has 9 nitrogen and oxygen atoms in total. The fraction of sp³-hybridized carbons (Fsp3) is 0.323. The van der Waals surface area contributed by atoms with E-state index in [4.69, 9.17) is 5.73 Å². The minimum atomic E-state index is -3.53. The summed E-state index contributed by atoms with van der Waals surface area (Å²) in [6.45, 7) is 6.26. The van der Waals surface area contributed by atoms with Crippen molar-refractivity contribution in [1.82, 2.24) is 14.3 Å². The first-order valence-corrected chi connectivity index (χ1v) is 16.3. The van der Waals surface area contributed by atoms with Crippen LogP contribution in [0.15, 0.2) is 71.1 Å². The number of amides is 1. The maximum absolute atomic E-state index is 13.3. The van der Waals surface area contributed by atoms with Crippen molar-refractivity contribution in [2.24, 2.45) is 5.41 Å². The summed E-state index contributed by atoms with van der Waals surface area (Å²) in [5.74, 6) is 0.535. The van der Waals surface area contributed by atoms with Crippen LogP contribution in [0.1, 0.15) is 40.3 Å². The normalized spacial score (nSPS) is 17.0. The molecule has 0 radical (unpaired) electrons. The van der Waals surface area contributed by atoms with Crippen molar-refractivity contribution in [3.05, 3.63) is 83.1 Å². The van der Waals surface area contributed by atoms with E-state index >= 15 is 0 Å². The van der Waals surface area contributed by atoms with Gasteiger partial charge in [-0.25, -0.2) is 18.4 Å². The highest BCUT2D eigenvalue weighted by Crippen LogP contribution is 2.43. The third-order valence-electron chi connectivity index (χ3n) is 8.41. The summed E-state index contributed by atoms with van der Waals surface area (Å²) in [6.07, 6.45) is 4.23. The number of hydrogen-bond acceptors (Lipinski definition) is 8. The average Bonchev–Trinajstić information content (AvgIpc) is 3.58. The Bertz CT molecular complexity index is 1710. The Labute approximate surface area is 250 Å². The molecule has 4 aromatic rings. The summed E-state index contributed by atoms with van der Waals surface area (Å²) in [5.41, 5.74) is 10.2. The molecule has 42 heavy (non-hydrogen) atoms. The molecule has 2 aliphatic rings. The van der Waals surface area contributed by atoms with Crippen molar-refractivity contribution in [3.63, 3.8) is 0 Å². The summed E-state index contributed by atoms with van der Waals surface area (Å²) < 4.78 is 28.7. The fourth-order valence-corrected chi connectivity index (χ4v) is 9.14. The Kier molecular flexibility index (Phi) is 7.50. The molecule has 0 atom stereocenters. The zero-order chi connectivity index (χ0) is 29.5. The number of carbonyl (C=O) groups is 1. The van der Waals surface area contributed by atoms with Gasteiger partial charge in [-0.05, 0) is 73.9 Å². The SMILES string of the molecule is Cc1nc(C)c(S(=O)(=O)N2CCC3(CCN(c4ccc(C(=O)Nc5cc(-c6ccccc6)ccc5N)cn4)CC3)C2)s1. The van der Waals surface area contributed by atoms with Gasteiger partial charge in [0, 0.05) is 32.4 Å². The van der Waals surface area contributed by atoms with E-state index in [-0.39, 0.29) is 11.3 Å². The molecule has 2 saturated heterocycles. The van der Waals surface area contributed by atoms with Crippen LogP contribution in [0.4, 0.5) is 17.2 Å². The smallest absolute Gasteiger partial charge is 0.257 e. The number of nitrogens with two attached hydrogens (primary N) is 1. The molecule has 0 saturated carbocycles. The molecule has 4 heterocycles. The number of anilines is 3. The van der Waals surface area contributed by atoms with Gasteiger partial charge in [-0.15, -0.1) is 11.3 Å². The number of nitrogens with one attached hydrogen (secondary N) is 1. The molecule has 0 unspecified atom stereocenters. The van der Waals surface area contributed by atoms with Crippen LogP contribution in [0.2, 0.25) is 0 Å². The lowest BCUT2D eigenvalue weighted by Gasteiger charge is -2.39. The van der Waals surface area contributed by atoms with E-state index < -0.39 is 10.0 Å². The van der Waals surface area contributed by atoms with E-state index in [2.05, 4.69) is 20.2 Å². The second-order valence-corrected chi connectivity index (χ2v) is 14.5. The molecule has 1 spiro atoms. The number of sulfonamides is 1. The van der Waals surface area contributed by atoms with Crippen LogP contribution in [-0.4, -0.2) is 54.8 Å². The summed E-state index contributed by atoms with van der Waals surface area (Å²) in [6, 6.07) is 19.2. The molecule has 218 valence electrons.